The molecule has 98 valence electrons. The number of ether oxygens (including phenoxy) is 1. The van der Waals surface area contributed by atoms with Gasteiger partial charge in [-0.2, -0.15) is 4.98 Å². The molecular formula is C9H11ClN4O4. The molecule has 0 aliphatic carbocycles. The Kier molecular flexibility index (Phi) is 3.90. The van der Waals surface area contributed by atoms with Crippen molar-refractivity contribution in [2.75, 3.05) is 31.2 Å². The molecule has 9 heteroatoms. The maximum atomic E-state index is 10.9. The molecule has 1 atom stereocenters. The molecule has 1 fully saturated rings. The van der Waals surface area contributed by atoms with Gasteiger partial charge in [-0.05, 0) is 11.6 Å². The fourth-order valence-electron chi connectivity index (χ4n) is 1.73. The highest BCUT2D eigenvalue weighted by molar-refractivity contribution is 6.28. The van der Waals surface area contributed by atoms with Crippen molar-refractivity contribution in [1.29, 1.82) is 0 Å². The van der Waals surface area contributed by atoms with E-state index in [9.17, 15) is 10.1 Å². The molecule has 1 saturated heterocycles. The van der Waals surface area contributed by atoms with E-state index in [1.54, 1.807) is 4.90 Å². The van der Waals surface area contributed by atoms with Gasteiger partial charge in [0.05, 0.1) is 24.2 Å². The van der Waals surface area contributed by atoms with Gasteiger partial charge in [-0.3, -0.25) is 10.1 Å². The molecule has 1 aromatic rings. The first-order valence-electron chi connectivity index (χ1n) is 5.26. The molecule has 0 spiro atoms. The van der Waals surface area contributed by atoms with Crippen LogP contribution in [0.4, 0.5) is 11.5 Å². The minimum Gasteiger partial charge on any atom is -0.394 e. The number of nitrogens with zero attached hydrogens (tertiary/aromatic N) is 4. The van der Waals surface area contributed by atoms with Crippen molar-refractivity contribution >= 4 is 23.1 Å². The minimum atomic E-state index is -0.560. The highest BCUT2D eigenvalue weighted by atomic mass is 35.5. The summed E-state index contributed by atoms with van der Waals surface area (Å²) in [4.78, 5) is 19.5. The largest absolute Gasteiger partial charge is 0.394 e. The van der Waals surface area contributed by atoms with Crippen molar-refractivity contribution < 1.29 is 14.8 Å². The van der Waals surface area contributed by atoms with E-state index in [0.29, 0.717) is 19.7 Å². The molecule has 1 N–H and O–H groups in total. The number of hydrogen-bond acceptors (Lipinski definition) is 7. The van der Waals surface area contributed by atoms with Crippen LogP contribution in [0.15, 0.2) is 6.20 Å². The average Bonchev–Trinajstić information content (AvgIpc) is 2.38. The van der Waals surface area contributed by atoms with Crippen molar-refractivity contribution in [2.45, 2.75) is 6.10 Å². The second kappa shape index (κ2) is 5.42. The van der Waals surface area contributed by atoms with E-state index in [2.05, 4.69) is 9.97 Å². The molecule has 1 aromatic heterocycles. The van der Waals surface area contributed by atoms with E-state index < -0.39 is 4.92 Å². The van der Waals surface area contributed by atoms with Gasteiger partial charge in [-0.15, -0.1) is 0 Å². The topological polar surface area (TPSA) is 102 Å². The van der Waals surface area contributed by atoms with Gasteiger partial charge in [0.25, 0.3) is 0 Å². The summed E-state index contributed by atoms with van der Waals surface area (Å²) in [5, 5.41) is 19.9. The predicted octanol–water partition coefficient (Wildman–Crippen LogP) is 0.236. The Morgan fingerprint density at radius 1 is 1.72 bits per heavy atom. The number of aliphatic hydroxyl groups excluding tert-OH is 1. The number of hydrogen-bond donors (Lipinski definition) is 1. The number of halogens is 1. The molecule has 0 amide bonds. The van der Waals surface area contributed by atoms with Gasteiger partial charge in [0.1, 0.15) is 6.20 Å². The Morgan fingerprint density at radius 2 is 2.50 bits per heavy atom. The molecule has 1 aliphatic heterocycles. The van der Waals surface area contributed by atoms with Gasteiger partial charge in [0.15, 0.2) is 0 Å². The highest BCUT2D eigenvalue weighted by Gasteiger charge is 2.27. The zero-order chi connectivity index (χ0) is 13.1. The van der Waals surface area contributed by atoms with Crippen LogP contribution in [0, 0.1) is 10.1 Å². The lowest BCUT2D eigenvalue weighted by atomic mass is 10.2. The smallest absolute Gasteiger partial charge is 0.329 e. The molecule has 1 aliphatic rings. The molecule has 8 nitrogen and oxygen atoms in total. The lowest BCUT2D eigenvalue weighted by molar-refractivity contribution is -0.384. The fraction of sp³-hybridized carbons (Fsp3) is 0.556. The third kappa shape index (κ3) is 2.66. The second-order valence-electron chi connectivity index (χ2n) is 3.73. The molecule has 18 heavy (non-hydrogen) atoms. The van der Waals surface area contributed by atoms with Crippen LogP contribution < -0.4 is 4.90 Å². The summed E-state index contributed by atoms with van der Waals surface area (Å²) in [5.41, 5.74) is -0.210. The number of aromatic nitrogens is 2. The van der Waals surface area contributed by atoms with Crippen molar-refractivity contribution in [2.24, 2.45) is 0 Å². The van der Waals surface area contributed by atoms with Crippen LogP contribution in [0.5, 0.6) is 0 Å². The van der Waals surface area contributed by atoms with E-state index in [1.165, 1.54) is 0 Å². The first kappa shape index (κ1) is 12.9. The van der Waals surface area contributed by atoms with E-state index in [0.717, 1.165) is 6.20 Å². The molecule has 2 rings (SSSR count). The van der Waals surface area contributed by atoms with E-state index >= 15 is 0 Å². The first-order valence-corrected chi connectivity index (χ1v) is 5.64. The summed E-state index contributed by atoms with van der Waals surface area (Å²) in [5.74, 6) is 0.154. The molecule has 0 bridgehead atoms. The molecule has 0 radical (unpaired) electrons. The van der Waals surface area contributed by atoms with E-state index in [-0.39, 0.29) is 29.5 Å². The lowest BCUT2D eigenvalue weighted by Crippen LogP contribution is -2.44. The maximum Gasteiger partial charge on any atom is 0.329 e. The van der Waals surface area contributed by atoms with Crippen LogP contribution in [-0.2, 0) is 4.74 Å². The van der Waals surface area contributed by atoms with Gasteiger partial charge in [-0.25, -0.2) is 4.98 Å². The maximum absolute atomic E-state index is 10.9. The normalized spacial score (nSPS) is 19.9. The number of aliphatic hydroxyl groups is 1. The van der Waals surface area contributed by atoms with Crippen molar-refractivity contribution in [3.05, 3.63) is 21.6 Å². The molecule has 0 aromatic carbocycles. The summed E-state index contributed by atoms with van der Waals surface area (Å²) in [7, 11) is 0. The Bertz CT molecular complexity index is 458. The van der Waals surface area contributed by atoms with Gasteiger partial charge in [0.2, 0.25) is 11.1 Å². The van der Waals surface area contributed by atoms with Crippen LogP contribution in [0.1, 0.15) is 0 Å². The SMILES string of the molecule is O=[N+]([O-])c1cnc(Cl)nc1N1CCOC(CO)C1. The first-order chi connectivity index (χ1) is 8.61. The number of morpholine rings is 1. The number of nitro groups is 1. The van der Waals surface area contributed by atoms with Crippen LogP contribution in [0.3, 0.4) is 0 Å². The van der Waals surface area contributed by atoms with Gasteiger partial charge >= 0.3 is 5.69 Å². The third-order valence-electron chi connectivity index (χ3n) is 2.56. The summed E-state index contributed by atoms with van der Waals surface area (Å²) in [6, 6.07) is 0. The molecule has 0 saturated carbocycles. The Hall–Kier alpha value is -1.51. The third-order valence-corrected chi connectivity index (χ3v) is 2.74. The van der Waals surface area contributed by atoms with Crippen molar-refractivity contribution in [1.82, 2.24) is 9.97 Å². The standard InChI is InChI=1S/C9H11ClN4O4/c10-9-11-3-7(14(16)17)8(12-9)13-1-2-18-6(4-13)5-15/h3,6,15H,1-2,4-5H2. The van der Waals surface area contributed by atoms with Gasteiger partial charge in [-0.1, -0.05) is 0 Å². The molecular weight excluding hydrogens is 264 g/mol. The monoisotopic (exact) mass is 274 g/mol. The minimum absolute atomic E-state index is 0.0531. The van der Waals surface area contributed by atoms with Crippen molar-refractivity contribution in [3.63, 3.8) is 0 Å². The van der Waals surface area contributed by atoms with Crippen molar-refractivity contribution in [3.8, 4) is 0 Å². The predicted molar refractivity (Wildman–Crippen MR) is 62.7 cm³/mol. The van der Waals surface area contributed by atoms with Crippen LogP contribution >= 0.6 is 11.6 Å². The van der Waals surface area contributed by atoms with Crippen LogP contribution in [-0.4, -0.2) is 52.4 Å². The van der Waals surface area contributed by atoms with E-state index in [1.807, 2.05) is 0 Å². The summed E-state index contributed by atoms with van der Waals surface area (Å²) in [6.45, 7) is 0.989. The molecule has 1 unspecified atom stereocenters. The Labute approximate surface area is 107 Å². The van der Waals surface area contributed by atoms with Crippen LogP contribution in [0.25, 0.3) is 0 Å². The highest BCUT2D eigenvalue weighted by Crippen LogP contribution is 2.27. The zero-order valence-electron chi connectivity index (χ0n) is 9.32. The number of anilines is 1. The summed E-state index contributed by atoms with van der Waals surface area (Å²) in [6.07, 6.45) is 0.695. The Balaban J connectivity index is 2.31. The Morgan fingerprint density at radius 3 is 3.17 bits per heavy atom. The summed E-state index contributed by atoms with van der Waals surface area (Å²) >= 11 is 5.66. The fourth-order valence-corrected chi connectivity index (χ4v) is 1.86. The molecule has 2 heterocycles. The summed E-state index contributed by atoms with van der Waals surface area (Å²) < 4.78 is 5.27. The lowest BCUT2D eigenvalue weighted by Gasteiger charge is -2.32. The number of rotatable bonds is 3. The average molecular weight is 275 g/mol. The van der Waals surface area contributed by atoms with Gasteiger partial charge < -0.3 is 14.7 Å². The quantitative estimate of drug-likeness (QED) is 0.478. The second-order valence-corrected chi connectivity index (χ2v) is 4.06. The van der Waals surface area contributed by atoms with Crippen LogP contribution in [0.2, 0.25) is 5.28 Å². The van der Waals surface area contributed by atoms with E-state index in [4.69, 9.17) is 21.4 Å². The van der Waals surface area contributed by atoms with Gasteiger partial charge in [0, 0.05) is 13.1 Å². The zero-order valence-corrected chi connectivity index (χ0v) is 10.1.